The lowest BCUT2D eigenvalue weighted by molar-refractivity contribution is 0.0933. The van der Waals surface area contributed by atoms with Crippen LogP contribution in [0.15, 0.2) is 42.5 Å². The Morgan fingerprint density at radius 1 is 1.14 bits per heavy atom. The molecule has 0 aliphatic heterocycles. The Balaban J connectivity index is 1.67. The summed E-state index contributed by atoms with van der Waals surface area (Å²) >= 11 is 0. The molecule has 0 radical (unpaired) electrons. The van der Waals surface area contributed by atoms with Gasteiger partial charge in [0.1, 0.15) is 0 Å². The fourth-order valence-electron chi connectivity index (χ4n) is 3.82. The molecule has 3 aromatic rings. The van der Waals surface area contributed by atoms with Crippen molar-refractivity contribution >= 4 is 5.91 Å². The van der Waals surface area contributed by atoms with Crippen molar-refractivity contribution in [3.8, 4) is 22.8 Å². The zero-order chi connectivity index (χ0) is 19.8. The van der Waals surface area contributed by atoms with Crippen LogP contribution in [0.4, 0.5) is 0 Å². The molecule has 0 spiro atoms. The molecule has 1 aliphatic carbocycles. The summed E-state index contributed by atoms with van der Waals surface area (Å²) in [7, 11) is 5.10. The highest BCUT2D eigenvalue weighted by Crippen LogP contribution is 2.43. The summed E-state index contributed by atoms with van der Waals surface area (Å²) in [6.07, 6.45) is 0.640. The van der Waals surface area contributed by atoms with Gasteiger partial charge < -0.3 is 14.8 Å². The second kappa shape index (κ2) is 7.03. The number of nitrogens with one attached hydrogen (secondary N) is 1. The average molecular weight is 377 g/mol. The first-order chi connectivity index (χ1) is 13.5. The third-order valence-corrected chi connectivity index (χ3v) is 5.24. The SMILES string of the molecule is COc1cc2c(cc1OC)-c1c(c(C(=O)NC(C)c3ccccc3)nn1C)C2. The highest BCUT2D eigenvalue weighted by molar-refractivity contribution is 5.97. The first kappa shape index (κ1) is 18.1. The molecular weight excluding hydrogens is 354 g/mol. The van der Waals surface area contributed by atoms with Crippen molar-refractivity contribution < 1.29 is 14.3 Å². The molecule has 1 N–H and O–H groups in total. The van der Waals surface area contributed by atoms with Crippen LogP contribution in [0.25, 0.3) is 11.3 Å². The molecule has 144 valence electrons. The number of ether oxygens (including phenoxy) is 2. The molecule has 0 bridgehead atoms. The number of aryl methyl sites for hydroxylation is 1. The van der Waals surface area contributed by atoms with Crippen LogP contribution in [-0.2, 0) is 13.5 Å². The van der Waals surface area contributed by atoms with E-state index in [2.05, 4.69) is 10.4 Å². The molecule has 6 heteroatoms. The number of nitrogens with zero attached hydrogens (tertiary/aromatic N) is 2. The van der Waals surface area contributed by atoms with Crippen molar-refractivity contribution in [1.82, 2.24) is 15.1 Å². The number of hydrogen-bond donors (Lipinski definition) is 1. The lowest BCUT2D eigenvalue weighted by atomic mass is 10.1. The highest BCUT2D eigenvalue weighted by Gasteiger charge is 2.31. The van der Waals surface area contributed by atoms with Crippen LogP contribution >= 0.6 is 0 Å². The minimum absolute atomic E-state index is 0.102. The Labute approximate surface area is 164 Å². The predicted molar refractivity (Wildman–Crippen MR) is 107 cm³/mol. The molecule has 1 heterocycles. The molecule has 1 amide bonds. The van der Waals surface area contributed by atoms with Crippen molar-refractivity contribution in [2.45, 2.75) is 19.4 Å². The van der Waals surface area contributed by atoms with Gasteiger partial charge in [-0.3, -0.25) is 9.48 Å². The number of hydrogen-bond acceptors (Lipinski definition) is 4. The molecule has 6 nitrogen and oxygen atoms in total. The van der Waals surface area contributed by atoms with E-state index in [0.29, 0.717) is 23.6 Å². The number of fused-ring (bicyclic) bond motifs is 3. The highest BCUT2D eigenvalue weighted by atomic mass is 16.5. The smallest absolute Gasteiger partial charge is 0.272 e. The van der Waals surface area contributed by atoms with E-state index in [4.69, 9.17) is 9.47 Å². The predicted octanol–water partition coefficient (Wildman–Crippen LogP) is 3.50. The van der Waals surface area contributed by atoms with Crippen LogP contribution in [0.3, 0.4) is 0 Å². The van der Waals surface area contributed by atoms with Gasteiger partial charge in [-0.25, -0.2) is 0 Å². The maximum atomic E-state index is 13.0. The number of aromatic nitrogens is 2. The lowest BCUT2D eigenvalue weighted by Gasteiger charge is -2.13. The molecule has 0 saturated heterocycles. The van der Waals surface area contributed by atoms with Crippen molar-refractivity contribution in [1.29, 1.82) is 0 Å². The van der Waals surface area contributed by atoms with Gasteiger partial charge in [0.15, 0.2) is 17.2 Å². The largest absolute Gasteiger partial charge is 0.493 e. The molecule has 0 fully saturated rings. The number of rotatable bonds is 5. The summed E-state index contributed by atoms with van der Waals surface area (Å²) in [6.45, 7) is 1.97. The molecule has 2 aromatic carbocycles. The van der Waals surface area contributed by atoms with Crippen LogP contribution in [0, 0.1) is 0 Å². The van der Waals surface area contributed by atoms with Crippen molar-refractivity contribution in [3.05, 3.63) is 64.8 Å². The zero-order valence-electron chi connectivity index (χ0n) is 16.4. The van der Waals surface area contributed by atoms with Crippen LogP contribution < -0.4 is 14.8 Å². The number of carbonyl (C=O) groups excluding carboxylic acids is 1. The molecular formula is C22H23N3O3. The van der Waals surface area contributed by atoms with E-state index in [9.17, 15) is 4.79 Å². The topological polar surface area (TPSA) is 65.4 Å². The molecule has 4 rings (SSSR count). The van der Waals surface area contributed by atoms with E-state index < -0.39 is 0 Å². The summed E-state index contributed by atoms with van der Waals surface area (Å²) in [4.78, 5) is 13.0. The minimum Gasteiger partial charge on any atom is -0.493 e. The van der Waals surface area contributed by atoms with Gasteiger partial charge in [-0.1, -0.05) is 30.3 Å². The Bertz CT molecular complexity index is 1040. The fraction of sp³-hybridized carbons (Fsp3) is 0.273. The van der Waals surface area contributed by atoms with Gasteiger partial charge in [0.25, 0.3) is 5.91 Å². The number of benzene rings is 2. The molecule has 1 atom stereocenters. The van der Waals surface area contributed by atoms with E-state index >= 15 is 0 Å². The van der Waals surface area contributed by atoms with Gasteiger partial charge >= 0.3 is 0 Å². The normalized spacial score (nSPS) is 12.9. The van der Waals surface area contributed by atoms with Gasteiger partial charge in [-0.2, -0.15) is 5.10 Å². The maximum Gasteiger partial charge on any atom is 0.272 e. The zero-order valence-corrected chi connectivity index (χ0v) is 16.4. The second-order valence-corrected chi connectivity index (χ2v) is 6.95. The van der Waals surface area contributed by atoms with Gasteiger partial charge in [-0.05, 0) is 30.2 Å². The first-order valence-electron chi connectivity index (χ1n) is 9.20. The van der Waals surface area contributed by atoms with Crippen LogP contribution in [0.2, 0.25) is 0 Å². The average Bonchev–Trinajstić information content (AvgIpc) is 3.24. The fourth-order valence-corrected chi connectivity index (χ4v) is 3.82. The number of carbonyl (C=O) groups is 1. The van der Waals surface area contributed by atoms with E-state index in [1.54, 1.807) is 18.9 Å². The molecule has 28 heavy (non-hydrogen) atoms. The van der Waals surface area contributed by atoms with Crippen LogP contribution in [0.1, 0.15) is 40.1 Å². The van der Waals surface area contributed by atoms with E-state index in [1.165, 1.54) is 0 Å². The van der Waals surface area contributed by atoms with Gasteiger partial charge in [-0.15, -0.1) is 0 Å². The van der Waals surface area contributed by atoms with Crippen molar-refractivity contribution in [2.75, 3.05) is 14.2 Å². The number of methoxy groups -OCH3 is 2. The second-order valence-electron chi connectivity index (χ2n) is 6.95. The van der Waals surface area contributed by atoms with E-state index in [-0.39, 0.29) is 11.9 Å². The summed E-state index contributed by atoms with van der Waals surface area (Å²) in [6, 6.07) is 13.7. The molecule has 1 aliphatic rings. The summed E-state index contributed by atoms with van der Waals surface area (Å²) in [5, 5.41) is 7.57. The quantitative estimate of drug-likeness (QED) is 0.578. The standard InChI is InChI=1S/C22H23N3O3/c1-13(14-8-6-5-7-9-14)23-22(26)20-17-10-15-11-18(27-3)19(28-4)12-16(15)21(17)25(2)24-20/h5-9,11-13H,10H2,1-4H3,(H,23,26). The molecule has 1 aromatic heterocycles. The Kier molecular flexibility index (Phi) is 4.55. The summed E-state index contributed by atoms with van der Waals surface area (Å²) in [5.74, 6) is 1.18. The third kappa shape index (κ3) is 2.91. The molecule has 0 saturated carbocycles. The lowest BCUT2D eigenvalue weighted by Crippen LogP contribution is -2.27. The number of amides is 1. The Hall–Kier alpha value is -3.28. The van der Waals surface area contributed by atoms with E-state index in [0.717, 1.165) is 27.9 Å². The van der Waals surface area contributed by atoms with Crippen LogP contribution in [0.5, 0.6) is 11.5 Å². The van der Waals surface area contributed by atoms with Gasteiger partial charge in [0.2, 0.25) is 0 Å². The Morgan fingerprint density at radius 2 is 1.82 bits per heavy atom. The third-order valence-electron chi connectivity index (χ3n) is 5.24. The summed E-state index contributed by atoms with van der Waals surface area (Å²) < 4.78 is 12.6. The minimum atomic E-state index is -0.167. The first-order valence-corrected chi connectivity index (χ1v) is 9.20. The summed E-state index contributed by atoms with van der Waals surface area (Å²) in [5.41, 5.74) is 5.54. The van der Waals surface area contributed by atoms with Gasteiger partial charge in [0.05, 0.1) is 26.0 Å². The van der Waals surface area contributed by atoms with Crippen LogP contribution in [-0.4, -0.2) is 29.9 Å². The molecule has 1 unspecified atom stereocenters. The van der Waals surface area contributed by atoms with Crippen molar-refractivity contribution in [3.63, 3.8) is 0 Å². The Morgan fingerprint density at radius 3 is 2.50 bits per heavy atom. The van der Waals surface area contributed by atoms with E-state index in [1.807, 2.05) is 56.4 Å². The monoisotopic (exact) mass is 377 g/mol. The maximum absolute atomic E-state index is 13.0. The van der Waals surface area contributed by atoms with Crippen molar-refractivity contribution in [2.24, 2.45) is 7.05 Å². The van der Waals surface area contributed by atoms with Gasteiger partial charge in [0, 0.05) is 24.6 Å².